The summed E-state index contributed by atoms with van der Waals surface area (Å²) in [5, 5.41) is 1.12. The van der Waals surface area contributed by atoms with Crippen molar-refractivity contribution in [1.82, 2.24) is 4.90 Å². The lowest BCUT2D eigenvalue weighted by Crippen LogP contribution is -2.46. The molecule has 2 heterocycles. The maximum Gasteiger partial charge on any atom is 0.134 e. The molecule has 0 saturated carbocycles. The zero-order valence-electron chi connectivity index (χ0n) is 12.9. The van der Waals surface area contributed by atoms with Crippen LogP contribution in [0.3, 0.4) is 0 Å². The first-order valence-corrected chi connectivity index (χ1v) is 7.53. The van der Waals surface area contributed by atoms with E-state index in [2.05, 4.69) is 54.4 Å². The molecular weight excluding hydrogens is 274 g/mol. The van der Waals surface area contributed by atoms with Gasteiger partial charge in [-0.25, -0.2) is 0 Å². The van der Waals surface area contributed by atoms with Gasteiger partial charge in [-0.2, -0.15) is 0 Å². The molecule has 0 amide bonds. The van der Waals surface area contributed by atoms with Crippen molar-refractivity contribution < 1.29 is 9.15 Å². The Kier molecular flexibility index (Phi) is 3.06. The quantitative estimate of drug-likeness (QED) is 0.719. The highest BCUT2D eigenvalue weighted by Gasteiger charge is 2.40. The summed E-state index contributed by atoms with van der Waals surface area (Å²) in [7, 11) is 3.93. The van der Waals surface area contributed by atoms with E-state index in [1.165, 1.54) is 11.1 Å². The van der Waals surface area contributed by atoms with Crippen LogP contribution in [0, 0.1) is 0 Å². The Bertz CT molecular complexity index is 823. The molecule has 3 nitrogen and oxygen atoms in total. The van der Waals surface area contributed by atoms with Gasteiger partial charge in [-0.1, -0.05) is 36.4 Å². The first-order chi connectivity index (χ1) is 10.7. The van der Waals surface area contributed by atoms with E-state index in [4.69, 9.17) is 9.15 Å². The lowest BCUT2D eigenvalue weighted by Gasteiger charge is -2.42. The minimum Gasteiger partial charge on any atom is -0.464 e. The second-order valence-corrected chi connectivity index (χ2v) is 6.03. The van der Waals surface area contributed by atoms with Gasteiger partial charge in [-0.05, 0) is 35.9 Å². The van der Waals surface area contributed by atoms with Crippen molar-refractivity contribution in [2.75, 3.05) is 20.7 Å². The Labute approximate surface area is 130 Å². The molecule has 3 aromatic rings. The predicted molar refractivity (Wildman–Crippen MR) is 86.8 cm³/mol. The second-order valence-electron chi connectivity index (χ2n) is 6.03. The highest BCUT2D eigenvalue weighted by atomic mass is 16.5. The van der Waals surface area contributed by atoms with Crippen LogP contribution in [0.4, 0.5) is 0 Å². The van der Waals surface area contributed by atoms with Gasteiger partial charge in [-0.3, -0.25) is 4.90 Å². The Morgan fingerprint density at radius 3 is 2.86 bits per heavy atom. The summed E-state index contributed by atoms with van der Waals surface area (Å²) in [5.74, 6) is 0. The smallest absolute Gasteiger partial charge is 0.134 e. The van der Waals surface area contributed by atoms with E-state index < -0.39 is 5.60 Å². The van der Waals surface area contributed by atoms with Crippen LogP contribution in [-0.4, -0.2) is 25.6 Å². The third-order valence-corrected chi connectivity index (χ3v) is 4.66. The number of rotatable bonds is 2. The summed E-state index contributed by atoms with van der Waals surface area (Å²) >= 11 is 0. The molecule has 0 saturated heterocycles. The average Bonchev–Trinajstić information content (AvgIpc) is 3.01. The highest BCUT2D eigenvalue weighted by molar-refractivity contribution is 5.78. The van der Waals surface area contributed by atoms with E-state index in [9.17, 15) is 0 Å². The fraction of sp³-hybridized carbons (Fsp3) is 0.263. The number of likely N-dealkylation sites (N-methyl/N-ethyl adjacent to an activating group) is 1. The molecule has 0 aliphatic carbocycles. The molecule has 0 fully saturated rings. The molecule has 2 aromatic carbocycles. The number of nitrogens with zero attached hydrogens (tertiary/aromatic N) is 1. The monoisotopic (exact) mass is 293 g/mol. The van der Waals surface area contributed by atoms with Crippen molar-refractivity contribution in [3.63, 3.8) is 0 Å². The molecule has 1 aliphatic heterocycles. The Morgan fingerprint density at radius 1 is 1.14 bits per heavy atom. The molecule has 3 heteroatoms. The van der Waals surface area contributed by atoms with Crippen LogP contribution < -0.4 is 0 Å². The Balaban J connectivity index is 1.95. The van der Waals surface area contributed by atoms with E-state index in [-0.39, 0.29) is 0 Å². The first-order valence-electron chi connectivity index (χ1n) is 7.53. The van der Waals surface area contributed by atoms with Gasteiger partial charge in [0, 0.05) is 25.6 Å². The minimum atomic E-state index is -0.454. The van der Waals surface area contributed by atoms with Gasteiger partial charge in [0.05, 0.1) is 6.26 Å². The summed E-state index contributed by atoms with van der Waals surface area (Å²) < 4.78 is 11.7. The number of furan rings is 1. The number of hydrogen-bond acceptors (Lipinski definition) is 3. The Hall–Kier alpha value is -2.10. The normalized spacial score (nSPS) is 21.9. The number of methoxy groups -OCH3 is 1. The molecule has 1 unspecified atom stereocenters. The summed E-state index contributed by atoms with van der Waals surface area (Å²) in [6.45, 7) is 1.77. The van der Waals surface area contributed by atoms with Crippen LogP contribution in [0.15, 0.2) is 59.2 Å². The van der Waals surface area contributed by atoms with E-state index in [0.29, 0.717) is 0 Å². The molecule has 1 aliphatic rings. The van der Waals surface area contributed by atoms with Gasteiger partial charge in [0.1, 0.15) is 11.2 Å². The lowest BCUT2D eigenvalue weighted by molar-refractivity contribution is -0.0153. The van der Waals surface area contributed by atoms with Crippen molar-refractivity contribution in [2.24, 2.45) is 0 Å². The maximum atomic E-state index is 6.10. The minimum absolute atomic E-state index is 0.454. The molecule has 0 spiro atoms. The molecule has 1 atom stereocenters. The summed E-state index contributed by atoms with van der Waals surface area (Å²) in [4.78, 5) is 2.30. The average molecular weight is 293 g/mol. The van der Waals surface area contributed by atoms with Crippen LogP contribution in [0.1, 0.15) is 16.7 Å². The predicted octanol–water partition coefficient (Wildman–Crippen LogP) is 3.77. The fourth-order valence-corrected chi connectivity index (χ4v) is 3.61. The SMILES string of the molecule is COC1(c2ccc3ccoc3c2)CN(C)Cc2ccccc21. The van der Waals surface area contributed by atoms with Gasteiger partial charge in [0.15, 0.2) is 0 Å². The molecule has 112 valence electrons. The van der Waals surface area contributed by atoms with Crippen LogP contribution in [0.25, 0.3) is 11.0 Å². The number of fused-ring (bicyclic) bond motifs is 2. The summed E-state index contributed by atoms with van der Waals surface area (Å²) in [6, 6.07) is 16.9. The number of ether oxygens (including phenoxy) is 1. The maximum absolute atomic E-state index is 6.10. The Morgan fingerprint density at radius 2 is 2.00 bits per heavy atom. The zero-order valence-corrected chi connectivity index (χ0v) is 12.9. The van der Waals surface area contributed by atoms with Gasteiger partial charge in [0.2, 0.25) is 0 Å². The molecule has 0 radical (unpaired) electrons. The molecule has 4 rings (SSSR count). The second kappa shape index (κ2) is 4.97. The molecule has 1 aromatic heterocycles. The van der Waals surface area contributed by atoms with Gasteiger partial charge >= 0.3 is 0 Å². The standard InChI is InChI=1S/C19H19NO2/c1-20-12-15-5-3-4-6-17(15)19(13-20,21-2)16-8-7-14-9-10-22-18(14)11-16/h3-11H,12-13H2,1-2H3. The number of benzene rings is 2. The van der Waals surface area contributed by atoms with Crippen molar-refractivity contribution in [3.05, 3.63) is 71.5 Å². The van der Waals surface area contributed by atoms with Crippen molar-refractivity contribution in [1.29, 1.82) is 0 Å². The van der Waals surface area contributed by atoms with Crippen molar-refractivity contribution in [3.8, 4) is 0 Å². The lowest BCUT2D eigenvalue weighted by atomic mass is 9.80. The topological polar surface area (TPSA) is 25.6 Å². The van der Waals surface area contributed by atoms with Crippen LogP contribution in [0.2, 0.25) is 0 Å². The highest BCUT2D eigenvalue weighted by Crippen LogP contribution is 2.40. The number of hydrogen-bond donors (Lipinski definition) is 0. The van der Waals surface area contributed by atoms with Crippen LogP contribution in [-0.2, 0) is 16.9 Å². The fourth-order valence-electron chi connectivity index (χ4n) is 3.61. The van der Waals surface area contributed by atoms with E-state index >= 15 is 0 Å². The summed E-state index contributed by atoms with van der Waals surface area (Å²) in [6.07, 6.45) is 1.73. The third kappa shape index (κ3) is 1.90. The summed E-state index contributed by atoms with van der Waals surface area (Å²) in [5.41, 5.74) is 4.15. The van der Waals surface area contributed by atoms with Crippen LogP contribution >= 0.6 is 0 Å². The molecule has 22 heavy (non-hydrogen) atoms. The van der Waals surface area contributed by atoms with Gasteiger partial charge < -0.3 is 9.15 Å². The van der Waals surface area contributed by atoms with Gasteiger partial charge in [0.25, 0.3) is 0 Å². The molecular formula is C19H19NO2. The largest absolute Gasteiger partial charge is 0.464 e. The van der Waals surface area contributed by atoms with Gasteiger partial charge in [-0.15, -0.1) is 0 Å². The van der Waals surface area contributed by atoms with Crippen molar-refractivity contribution >= 4 is 11.0 Å². The zero-order chi connectivity index (χ0) is 15.2. The molecule has 0 bridgehead atoms. The van der Waals surface area contributed by atoms with E-state index in [0.717, 1.165) is 29.6 Å². The van der Waals surface area contributed by atoms with Crippen molar-refractivity contribution in [2.45, 2.75) is 12.1 Å². The van der Waals surface area contributed by atoms with E-state index in [1.54, 1.807) is 13.4 Å². The molecule has 0 N–H and O–H groups in total. The first kappa shape index (κ1) is 13.6. The van der Waals surface area contributed by atoms with E-state index in [1.807, 2.05) is 6.07 Å². The van der Waals surface area contributed by atoms with Crippen LogP contribution in [0.5, 0.6) is 0 Å². The third-order valence-electron chi connectivity index (χ3n) is 4.66.